The number of pyridine rings is 2. The molecule has 0 radical (unpaired) electrons. The number of carbonyl (C=O) groups excluding carboxylic acids is 1. The lowest BCUT2D eigenvalue weighted by molar-refractivity contribution is -0.0365. The topological polar surface area (TPSA) is 85.2 Å². The highest BCUT2D eigenvalue weighted by Gasteiger charge is 2.29. The number of hydrogen-bond acceptors (Lipinski definition) is 5. The van der Waals surface area contributed by atoms with E-state index in [1.165, 1.54) is 0 Å². The molecule has 1 N–H and O–H groups in total. The summed E-state index contributed by atoms with van der Waals surface area (Å²) in [4.78, 5) is 22.7. The number of amides is 2. The molecule has 2 saturated heterocycles. The van der Waals surface area contributed by atoms with Crippen LogP contribution in [0.4, 0.5) is 10.6 Å². The second-order valence-corrected chi connectivity index (χ2v) is 6.80. The molecule has 5 rings (SSSR count). The minimum absolute atomic E-state index is 0.119. The second kappa shape index (κ2) is 6.62. The summed E-state index contributed by atoms with van der Waals surface area (Å²) in [5, 5.41) is 8.53. The van der Waals surface area contributed by atoms with Gasteiger partial charge in [0.15, 0.2) is 12.0 Å². The van der Waals surface area contributed by atoms with E-state index in [2.05, 4.69) is 15.3 Å². The Kier molecular flexibility index (Phi) is 3.97. The highest BCUT2D eigenvalue weighted by Crippen LogP contribution is 2.34. The standard InChI is InChI=1S/C19H20N6O2/c26-19-21-7-8-24(19)18-14-10-15(13-4-3-6-20-11-13)22-12-16(14)25(23-18)17-5-1-2-9-27-17/h3-4,6,10-12,17H,1-2,5,7-9H2,(H,21,26). The van der Waals surface area contributed by atoms with Gasteiger partial charge in [0.25, 0.3) is 0 Å². The number of nitrogens with one attached hydrogen (secondary N) is 1. The zero-order valence-electron chi connectivity index (χ0n) is 14.8. The van der Waals surface area contributed by atoms with Gasteiger partial charge in [0.2, 0.25) is 0 Å². The van der Waals surface area contributed by atoms with E-state index in [9.17, 15) is 4.79 Å². The number of anilines is 1. The number of carbonyl (C=O) groups is 1. The van der Waals surface area contributed by atoms with Crippen LogP contribution < -0.4 is 10.2 Å². The van der Waals surface area contributed by atoms with E-state index in [0.717, 1.165) is 48.0 Å². The molecule has 0 aliphatic carbocycles. The average molecular weight is 364 g/mol. The number of nitrogens with zero attached hydrogens (tertiary/aromatic N) is 5. The summed E-state index contributed by atoms with van der Waals surface area (Å²) in [5.41, 5.74) is 2.61. The van der Waals surface area contributed by atoms with Gasteiger partial charge in [0, 0.05) is 43.0 Å². The van der Waals surface area contributed by atoms with Gasteiger partial charge in [-0.05, 0) is 37.5 Å². The van der Waals surface area contributed by atoms with Gasteiger partial charge in [-0.1, -0.05) is 0 Å². The molecule has 0 aromatic carbocycles. The fraction of sp³-hybridized carbons (Fsp3) is 0.368. The predicted octanol–water partition coefficient (Wildman–Crippen LogP) is 2.72. The quantitative estimate of drug-likeness (QED) is 0.772. The first-order valence-electron chi connectivity index (χ1n) is 9.27. The zero-order valence-corrected chi connectivity index (χ0v) is 14.8. The van der Waals surface area contributed by atoms with Crippen LogP contribution in [0.15, 0.2) is 36.8 Å². The van der Waals surface area contributed by atoms with E-state index in [4.69, 9.17) is 9.84 Å². The lowest BCUT2D eigenvalue weighted by atomic mass is 10.1. The summed E-state index contributed by atoms with van der Waals surface area (Å²) in [6.45, 7) is 1.95. The highest BCUT2D eigenvalue weighted by atomic mass is 16.5. The summed E-state index contributed by atoms with van der Waals surface area (Å²) in [7, 11) is 0. The molecular weight excluding hydrogens is 344 g/mol. The first-order chi connectivity index (χ1) is 13.3. The normalized spacial score (nSPS) is 20.2. The second-order valence-electron chi connectivity index (χ2n) is 6.80. The number of hydrogen-bond donors (Lipinski definition) is 1. The van der Waals surface area contributed by atoms with E-state index >= 15 is 0 Å². The van der Waals surface area contributed by atoms with Crippen molar-refractivity contribution < 1.29 is 9.53 Å². The zero-order chi connectivity index (χ0) is 18.2. The smallest absolute Gasteiger partial charge is 0.323 e. The van der Waals surface area contributed by atoms with Gasteiger partial charge in [-0.2, -0.15) is 5.10 Å². The largest absolute Gasteiger partial charge is 0.356 e. The van der Waals surface area contributed by atoms with Crippen LogP contribution in [-0.2, 0) is 4.74 Å². The van der Waals surface area contributed by atoms with Gasteiger partial charge in [-0.15, -0.1) is 0 Å². The lowest BCUT2D eigenvalue weighted by Crippen LogP contribution is -2.28. The molecular formula is C19H20N6O2. The van der Waals surface area contributed by atoms with Crippen molar-refractivity contribution in [1.29, 1.82) is 0 Å². The van der Waals surface area contributed by atoms with Crippen LogP contribution in [0.1, 0.15) is 25.5 Å². The maximum atomic E-state index is 12.3. The van der Waals surface area contributed by atoms with Gasteiger partial charge >= 0.3 is 6.03 Å². The maximum absolute atomic E-state index is 12.3. The molecule has 3 aromatic heterocycles. The van der Waals surface area contributed by atoms with E-state index in [1.54, 1.807) is 17.3 Å². The molecule has 138 valence electrons. The van der Waals surface area contributed by atoms with Crippen LogP contribution in [0.2, 0.25) is 0 Å². The Morgan fingerprint density at radius 3 is 2.96 bits per heavy atom. The lowest BCUT2D eigenvalue weighted by Gasteiger charge is -2.23. The Hall–Kier alpha value is -3.00. The molecule has 2 amide bonds. The van der Waals surface area contributed by atoms with E-state index in [-0.39, 0.29) is 12.3 Å². The van der Waals surface area contributed by atoms with E-state index < -0.39 is 0 Å². The van der Waals surface area contributed by atoms with Gasteiger partial charge in [0.1, 0.15) is 0 Å². The molecule has 0 bridgehead atoms. The van der Waals surface area contributed by atoms with Crippen molar-refractivity contribution in [3.05, 3.63) is 36.8 Å². The SMILES string of the molecule is O=C1NCCN1c1nn(C2CCCCO2)c2cnc(-c3cccnc3)cc12. The molecule has 3 aromatic rings. The van der Waals surface area contributed by atoms with Crippen LogP contribution in [-0.4, -0.2) is 45.5 Å². The van der Waals surface area contributed by atoms with Crippen molar-refractivity contribution in [2.75, 3.05) is 24.6 Å². The Labute approximate surface area is 156 Å². The number of ether oxygens (including phenoxy) is 1. The Morgan fingerprint density at radius 1 is 1.26 bits per heavy atom. The molecule has 2 aliphatic heterocycles. The molecule has 1 atom stereocenters. The van der Waals surface area contributed by atoms with Gasteiger partial charge in [-0.3, -0.25) is 14.9 Å². The highest BCUT2D eigenvalue weighted by molar-refractivity contribution is 6.02. The Bertz CT molecular complexity index is 981. The Balaban J connectivity index is 1.66. The van der Waals surface area contributed by atoms with E-state index in [1.807, 2.05) is 29.1 Å². The summed E-state index contributed by atoms with van der Waals surface area (Å²) >= 11 is 0. The first-order valence-corrected chi connectivity index (χ1v) is 9.27. The van der Waals surface area contributed by atoms with Gasteiger partial charge in [0.05, 0.1) is 17.4 Å². The third-order valence-electron chi connectivity index (χ3n) is 5.07. The summed E-state index contributed by atoms with van der Waals surface area (Å²) in [5.74, 6) is 0.654. The predicted molar refractivity (Wildman–Crippen MR) is 100 cm³/mol. The number of urea groups is 1. The number of fused-ring (bicyclic) bond motifs is 1. The van der Waals surface area contributed by atoms with Crippen molar-refractivity contribution in [3.63, 3.8) is 0 Å². The van der Waals surface area contributed by atoms with Crippen LogP contribution >= 0.6 is 0 Å². The molecule has 27 heavy (non-hydrogen) atoms. The van der Waals surface area contributed by atoms with E-state index in [0.29, 0.717) is 18.9 Å². The van der Waals surface area contributed by atoms with Crippen LogP contribution in [0, 0.1) is 0 Å². The van der Waals surface area contributed by atoms with Gasteiger partial charge in [-0.25, -0.2) is 9.48 Å². The maximum Gasteiger partial charge on any atom is 0.323 e. The third-order valence-corrected chi connectivity index (χ3v) is 5.07. The fourth-order valence-corrected chi connectivity index (χ4v) is 3.70. The number of rotatable bonds is 3. The minimum atomic E-state index is -0.120. The van der Waals surface area contributed by atoms with Crippen molar-refractivity contribution in [1.82, 2.24) is 25.1 Å². The summed E-state index contributed by atoms with van der Waals surface area (Å²) in [6, 6.07) is 5.72. The molecule has 0 spiro atoms. The van der Waals surface area contributed by atoms with Crippen LogP contribution in [0.3, 0.4) is 0 Å². The first kappa shape index (κ1) is 16.2. The monoisotopic (exact) mass is 364 g/mol. The van der Waals surface area contributed by atoms with Crippen molar-refractivity contribution in [2.45, 2.75) is 25.5 Å². The molecule has 8 nitrogen and oxygen atoms in total. The van der Waals surface area contributed by atoms with Crippen LogP contribution in [0.5, 0.6) is 0 Å². The average Bonchev–Trinajstić information content (AvgIpc) is 3.32. The van der Waals surface area contributed by atoms with Crippen molar-refractivity contribution >= 4 is 22.8 Å². The van der Waals surface area contributed by atoms with Crippen molar-refractivity contribution in [2.24, 2.45) is 0 Å². The molecule has 5 heterocycles. The Morgan fingerprint density at radius 2 is 2.22 bits per heavy atom. The minimum Gasteiger partial charge on any atom is -0.356 e. The number of aromatic nitrogens is 4. The molecule has 0 saturated carbocycles. The van der Waals surface area contributed by atoms with Gasteiger partial charge < -0.3 is 10.1 Å². The molecule has 2 aliphatic rings. The van der Waals surface area contributed by atoms with Crippen molar-refractivity contribution in [3.8, 4) is 11.3 Å². The molecule has 2 fully saturated rings. The fourth-order valence-electron chi connectivity index (χ4n) is 3.70. The van der Waals surface area contributed by atoms with Crippen LogP contribution in [0.25, 0.3) is 22.2 Å². The third kappa shape index (κ3) is 2.82. The summed E-state index contributed by atoms with van der Waals surface area (Å²) < 4.78 is 7.82. The molecule has 1 unspecified atom stereocenters. The summed E-state index contributed by atoms with van der Waals surface area (Å²) in [6.07, 6.45) is 8.30. The molecule has 8 heteroatoms.